The van der Waals surface area contributed by atoms with Gasteiger partial charge in [-0.05, 0) is 76.9 Å². The molecular weight excluding hydrogens is 486 g/mol. The average molecular weight is 514 g/mol. The lowest BCUT2D eigenvalue weighted by Gasteiger charge is -2.46. The van der Waals surface area contributed by atoms with E-state index in [1.807, 2.05) is 6.07 Å². The van der Waals surface area contributed by atoms with Gasteiger partial charge in [-0.15, -0.1) is 0 Å². The third kappa shape index (κ3) is 6.09. The van der Waals surface area contributed by atoms with Gasteiger partial charge in [0.1, 0.15) is 34.9 Å². The highest BCUT2D eigenvalue weighted by Crippen LogP contribution is 2.36. The van der Waals surface area contributed by atoms with Crippen molar-refractivity contribution in [1.29, 1.82) is 10.5 Å². The molecular formula is C29H28ClN5O2. The largest absolute Gasteiger partial charge is 0.454 e. The SMILES string of the molecule is CC1(C)CC(NC(=O)c2ccc(Oc3cccc(-c4ccc(C#N)nc4)c3C#N)c(Cl)c2)CC(C)(C)N1. The number of hydrogen-bond acceptors (Lipinski definition) is 6. The second kappa shape index (κ2) is 10.2. The molecule has 37 heavy (non-hydrogen) atoms. The molecule has 1 aromatic heterocycles. The van der Waals surface area contributed by atoms with Gasteiger partial charge in [-0.25, -0.2) is 4.98 Å². The number of aromatic nitrogens is 1. The number of carbonyl (C=O) groups excluding carboxylic acids is 1. The molecule has 4 rings (SSSR count). The van der Waals surface area contributed by atoms with Crippen LogP contribution in [0.2, 0.25) is 5.02 Å². The monoisotopic (exact) mass is 513 g/mol. The summed E-state index contributed by atoms with van der Waals surface area (Å²) in [5.41, 5.74) is 2.16. The molecule has 3 aromatic rings. The number of halogens is 1. The molecule has 1 fully saturated rings. The maximum absolute atomic E-state index is 13.0. The molecule has 0 aliphatic carbocycles. The number of nitrogens with zero attached hydrogens (tertiary/aromatic N) is 3. The third-order valence-electron chi connectivity index (χ3n) is 6.27. The normalized spacial score (nSPS) is 16.3. The Morgan fingerprint density at radius 2 is 1.78 bits per heavy atom. The van der Waals surface area contributed by atoms with Crippen LogP contribution in [0.4, 0.5) is 0 Å². The van der Waals surface area contributed by atoms with Crippen LogP contribution in [0.25, 0.3) is 11.1 Å². The maximum atomic E-state index is 13.0. The lowest BCUT2D eigenvalue weighted by molar-refractivity contribution is 0.0873. The molecule has 2 N–H and O–H groups in total. The Kier molecular flexibility index (Phi) is 7.23. The van der Waals surface area contributed by atoms with Gasteiger partial charge in [-0.1, -0.05) is 23.7 Å². The topological polar surface area (TPSA) is 111 Å². The second-order valence-electron chi connectivity index (χ2n) is 10.6. The van der Waals surface area contributed by atoms with Gasteiger partial charge in [0.05, 0.1) is 5.02 Å². The van der Waals surface area contributed by atoms with E-state index in [1.165, 1.54) is 0 Å². The van der Waals surface area contributed by atoms with Gasteiger partial charge < -0.3 is 15.4 Å². The predicted molar refractivity (Wildman–Crippen MR) is 142 cm³/mol. The Morgan fingerprint density at radius 1 is 1.05 bits per heavy atom. The lowest BCUT2D eigenvalue weighted by Crippen LogP contribution is -2.62. The number of pyridine rings is 1. The zero-order valence-electron chi connectivity index (χ0n) is 21.2. The van der Waals surface area contributed by atoms with Crippen molar-refractivity contribution in [3.05, 3.63) is 76.6 Å². The van der Waals surface area contributed by atoms with Crippen molar-refractivity contribution in [3.63, 3.8) is 0 Å². The highest BCUT2D eigenvalue weighted by atomic mass is 35.5. The first-order valence-electron chi connectivity index (χ1n) is 12.0. The molecule has 2 aromatic carbocycles. The van der Waals surface area contributed by atoms with Crippen LogP contribution in [0.3, 0.4) is 0 Å². The van der Waals surface area contributed by atoms with Crippen LogP contribution in [-0.2, 0) is 0 Å². The Morgan fingerprint density at radius 3 is 2.38 bits per heavy atom. The van der Waals surface area contributed by atoms with E-state index >= 15 is 0 Å². The standard InChI is InChI=1S/C29H28ClN5O2/c1-28(2)13-21(14-29(3,4)35-28)34-27(36)18-9-11-26(24(30)12-18)37-25-7-5-6-22(23(25)16-32)19-8-10-20(15-31)33-17-19/h5-12,17,21,35H,13-14H2,1-4H3,(H,34,36). The molecule has 0 atom stereocenters. The van der Waals surface area contributed by atoms with Crippen molar-refractivity contribution in [3.8, 4) is 34.8 Å². The Balaban J connectivity index is 1.53. The van der Waals surface area contributed by atoms with E-state index in [1.54, 1.807) is 54.7 Å². The first-order chi connectivity index (χ1) is 17.5. The van der Waals surface area contributed by atoms with Gasteiger partial charge in [0.15, 0.2) is 0 Å². The van der Waals surface area contributed by atoms with Crippen LogP contribution in [0, 0.1) is 22.7 Å². The van der Waals surface area contributed by atoms with Crippen molar-refractivity contribution >= 4 is 17.5 Å². The molecule has 188 valence electrons. The molecule has 8 heteroatoms. The van der Waals surface area contributed by atoms with Gasteiger partial charge >= 0.3 is 0 Å². The Bertz CT molecular complexity index is 1400. The molecule has 7 nitrogen and oxygen atoms in total. The highest BCUT2D eigenvalue weighted by molar-refractivity contribution is 6.32. The summed E-state index contributed by atoms with van der Waals surface area (Å²) in [4.78, 5) is 17.1. The second-order valence-corrected chi connectivity index (χ2v) is 11.0. The maximum Gasteiger partial charge on any atom is 0.251 e. The fraction of sp³-hybridized carbons (Fsp3) is 0.310. The number of amides is 1. The minimum absolute atomic E-state index is 0.0334. The fourth-order valence-corrected chi connectivity index (χ4v) is 5.35. The summed E-state index contributed by atoms with van der Waals surface area (Å²) in [7, 11) is 0. The minimum atomic E-state index is -0.194. The quantitative estimate of drug-likeness (QED) is 0.434. The summed E-state index contributed by atoms with van der Waals surface area (Å²) in [5, 5.41) is 25.9. The van der Waals surface area contributed by atoms with Gasteiger partial charge in [0.2, 0.25) is 0 Å². The molecule has 0 saturated carbocycles. The molecule has 1 aliphatic rings. The number of ether oxygens (including phenoxy) is 1. The van der Waals surface area contributed by atoms with Gasteiger partial charge in [-0.2, -0.15) is 10.5 Å². The Labute approximate surface area is 222 Å². The number of benzene rings is 2. The summed E-state index contributed by atoms with van der Waals surface area (Å²) in [6.07, 6.45) is 3.18. The summed E-state index contributed by atoms with van der Waals surface area (Å²) in [6, 6.07) is 17.6. The van der Waals surface area contributed by atoms with E-state index in [9.17, 15) is 10.1 Å². The summed E-state index contributed by atoms with van der Waals surface area (Å²) in [6.45, 7) is 8.55. The smallest absolute Gasteiger partial charge is 0.251 e. The van der Waals surface area contributed by atoms with Crippen LogP contribution >= 0.6 is 11.6 Å². The van der Waals surface area contributed by atoms with E-state index in [-0.39, 0.29) is 33.7 Å². The van der Waals surface area contributed by atoms with E-state index in [4.69, 9.17) is 21.6 Å². The number of hydrogen-bond donors (Lipinski definition) is 2. The molecule has 1 amide bonds. The Hall–Kier alpha value is -3.91. The zero-order valence-corrected chi connectivity index (χ0v) is 22.0. The number of nitriles is 2. The van der Waals surface area contributed by atoms with Crippen LogP contribution < -0.4 is 15.4 Å². The number of nitrogens with one attached hydrogen (secondary N) is 2. The van der Waals surface area contributed by atoms with Crippen molar-refractivity contribution in [1.82, 2.24) is 15.6 Å². The molecule has 0 bridgehead atoms. The van der Waals surface area contributed by atoms with Crippen molar-refractivity contribution in [2.75, 3.05) is 0 Å². The molecule has 0 unspecified atom stereocenters. The van der Waals surface area contributed by atoms with Gasteiger partial charge in [0, 0.05) is 40.0 Å². The predicted octanol–water partition coefficient (Wildman–Crippen LogP) is 5.98. The third-order valence-corrected chi connectivity index (χ3v) is 6.56. The summed E-state index contributed by atoms with van der Waals surface area (Å²) in [5.74, 6) is 0.455. The van der Waals surface area contributed by atoms with Crippen molar-refractivity contribution in [2.24, 2.45) is 0 Å². The van der Waals surface area contributed by atoms with Crippen LogP contribution in [-0.4, -0.2) is 28.0 Å². The average Bonchev–Trinajstić information content (AvgIpc) is 2.83. The fourth-order valence-electron chi connectivity index (χ4n) is 5.13. The van der Waals surface area contributed by atoms with Crippen LogP contribution in [0.1, 0.15) is 62.2 Å². The molecule has 1 saturated heterocycles. The van der Waals surface area contributed by atoms with E-state index in [0.29, 0.717) is 33.8 Å². The van der Waals surface area contributed by atoms with E-state index in [0.717, 1.165) is 12.8 Å². The van der Waals surface area contributed by atoms with Gasteiger partial charge in [-0.3, -0.25) is 4.79 Å². The van der Waals surface area contributed by atoms with Gasteiger partial charge in [0.25, 0.3) is 5.91 Å². The van der Waals surface area contributed by atoms with E-state index in [2.05, 4.69) is 49.4 Å². The lowest BCUT2D eigenvalue weighted by atomic mass is 9.79. The molecule has 0 radical (unpaired) electrons. The first-order valence-corrected chi connectivity index (χ1v) is 12.4. The van der Waals surface area contributed by atoms with Crippen molar-refractivity contribution in [2.45, 2.75) is 57.7 Å². The first kappa shape index (κ1) is 26.2. The van der Waals surface area contributed by atoms with Crippen LogP contribution in [0.15, 0.2) is 54.7 Å². The molecule has 1 aliphatic heterocycles. The van der Waals surface area contributed by atoms with E-state index < -0.39 is 0 Å². The van der Waals surface area contributed by atoms with Crippen molar-refractivity contribution < 1.29 is 9.53 Å². The summed E-state index contributed by atoms with van der Waals surface area (Å²) >= 11 is 6.50. The highest BCUT2D eigenvalue weighted by Gasteiger charge is 2.38. The number of rotatable bonds is 5. The zero-order chi connectivity index (χ0) is 26.8. The summed E-state index contributed by atoms with van der Waals surface area (Å²) < 4.78 is 6.01. The number of carbonyl (C=O) groups is 1. The number of piperidine rings is 1. The minimum Gasteiger partial charge on any atom is -0.454 e. The molecule has 0 spiro atoms. The van der Waals surface area contributed by atoms with Crippen LogP contribution in [0.5, 0.6) is 11.5 Å². The molecule has 2 heterocycles.